The van der Waals surface area contributed by atoms with Gasteiger partial charge in [0.1, 0.15) is 12.6 Å². The zero-order valence-electron chi connectivity index (χ0n) is 21.3. The van der Waals surface area contributed by atoms with Crippen LogP contribution in [-0.4, -0.2) is 44.3 Å². The van der Waals surface area contributed by atoms with Crippen molar-refractivity contribution in [3.05, 3.63) is 93.9 Å². The van der Waals surface area contributed by atoms with Crippen molar-refractivity contribution in [3.63, 3.8) is 0 Å². The molecule has 2 amide bonds. The van der Waals surface area contributed by atoms with Gasteiger partial charge in [0.25, 0.3) is 10.0 Å². The van der Waals surface area contributed by atoms with E-state index in [1.54, 1.807) is 66.7 Å². The van der Waals surface area contributed by atoms with Crippen LogP contribution in [0, 0.1) is 0 Å². The van der Waals surface area contributed by atoms with Gasteiger partial charge in [-0.15, -0.1) is 0 Å². The molecule has 1 unspecified atom stereocenters. The lowest BCUT2D eigenvalue weighted by molar-refractivity contribution is -0.140. The minimum absolute atomic E-state index is 0.0600. The van der Waals surface area contributed by atoms with E-state index in [1.165, 1.54) is 17.0 Å². The van der Waals surface area contributed by atoms with Crippen molar-refractivity contribution < 1.29 is 18.0 Å². The van der Waals surface area contributed by atoms with Crippen LogP contribution in [0.3, 0.4) is 0 Å². The number of carbonyl (C=O) groups excluding carboxylic acids is 2. The second kappa shape index (κ2) is 13.8. The highest BCUT2D eigenvalue weighted by atomic mass is 79.9. The minimum Gasteiger partial charge on any atom is -0.354 e. The molecule has 38 heavy (non-hydrogen) atoms. The Bertz CT molecular complexity index is 1340. The van der Waals surface area contributed by atoms with Gasteiger partial charge in [-0.3, -0.25) is 13.9 Å². The molecule has 1 N–H and O–H groups in total. The van der Waals surface area contributed by atoms with E-state index in [2.05, 4.69) is 21.2 Å². The number of anilines is 1. The van der Waals surface area contributed by atoms with Gasteiger partial charge in [-0.1, -0.05) is 77.8 Å². The fourth-order valence-corrected chi connectivity index (χ4v) is 5.89. The first-order valence-electron chi connectivity index (χ1n) is 12.3. The predicted molar refractivity (Wildman–Crippen MR) is 154 cm³/mol. The van der Waals surface area contributed by atoms with E-state index in [4.69, 9.17) is 11.6 Å². The highest BCUT2D eigenvalue weighted by Gasteiger charge is 2.33. The molecule has 0 heterocycles. The molecule has 3 aromatic carbocycles. The van der Waals surface area contributed by atoms with Crippen molar-refractivity contribution in [1.82, 2.24) is 10.2 Å². The van der Waals surface area contributed by atoms with Crippen LogP contribution in [0.1, 0.15) is 32.3 Å². The Hall–Kier alpha value is -2.88. The molecule has 0 spiro atoms. The Labute approximate surface area is 238 Å². The van der Waals surface area contributed by atoms with Crippen molar-refractivity contribution in [2.75, 3.05) is 17.4 Å². The molecular formula is C28H31BrClN3O4S. The Balaban J connectivity index is 2.03. The fourth-order valence-electron chi connectivity index (χ4n) is 3.95. The lowest BCUT2D eigenvalue weighted by Crippen LogP contribution is -2.52. The third-order valence-corrected chi connectivity index (χ3v) is 8.44. The summed E-state index contributed by atoms with van der Waals surface area (Å²) in [7, 11) is -4.10. The van der Waals surface area contributed by atoms with Gasteiger partial charge in [-0.05, 0) is 60.9 Å². The Morgan fingerprint density at radius 2 is 1.66 bits per heavy atom. The van der Waals surface area contributed by atoms with Crippen LogP contribution in [0.25, 0.3) is 0 Å². The minimum atomic E-state index is -4.10. The summed E-state index contributed by atoms with van der Waals surface area (Å²) in [5.74, 6) is -0.783. The van der Waals surface area contributed by atoms with Crippen LogP contribution < -0.4 is 9.62 Å². The van der Waals surface area contributed by atoms with Gasteiger partial charge in [0.2, 0.25) is 11.8 Å². The molecule has 0 saturated heterocycles. The van der Waals surface area contributed by atoms with Gasteiger partial charge in [-0.25, -0.2) is 8.42 Å². The summed E-state index contributed by atoms with van der Waals surface area (Å²) in [5, 5.41) is 3.42. The quantitative estimate of drug-likeness (QED) is 0.284. The SMILES string of the molecule is CCCNC(=O)C(CC)N(Cc1ccc(Cl)cc1)C(=O)CN(c1cccc(Br)c1)S(=O)(=O)c1ccccc1. The van der Waals surface area contributed by atoms with E-state index in [0.29, 0.717) is 28.1 Å². The normalized spacial score (nSPS) is 12.0. The van der Waals surface area contributed by atoms with Gasteiger partial charge >= 0.3 is 0 Å². The zero-order valence-corrected chi connectivity index (χ0v) is 24.5. The maximum atomic E-state index is 13.9. The number of rotatable bonds is 12. The second-order valence-electron chi connectivity index (χ2n) is 8.67. The standard InChI is InChI=1S/C28H31BrClN3O4S/c1-3-17-31-28(35)26(4-2)32(19-21-13-15-23(30)16-14-21)27(34)20-33(24-10-8-9-22(29)18-24)38(36,37)25-11-6-5-7-12-25/h5-16,18,26H,3-4,17,19-20H2,1-2H3,(H,31,35). The van der Waals surface area contributed by atoms with Gasteiger partial charge in [0, 0.05) is 22.6 Å². The second-order valence-corrected chi connectivity index (χ2v) is 11.9. The highest BCUT2D eigenvalue weighted by molar-refractivity contribution is 9.10. The molecule has 0 aliphatic heterocycles. The first-order chi connectivity index (χ1) is 18.2. The number of halogens is 2. The molecule has 0 aliphatic carbocycles. The number of hydrogen-bond acceptors (Lipinski definition) is 4. The summed E-state index contributed by atoms with van der Waals surface area (Å²) in [6.45, 7) is 3.88. The van der Waals surface area contributed by atoms with Crippen LogP contribution >= 0.6 is 27.5 Å². The summed E-state index contributed by atoms with van der Waals surface area (Å²) in [4.78, 5) is 28.5. The molecular weight excluding hydrogens is 590 g/mol. The monoisotopic (exact) mass is 619 g/mol. The Morgan fingerprint density at radius 3 is 2.26 bits per heavy atom. The Morgan fingerprint density at radius 1 is 0.974 bits per heavy atom. The van der Waals surface area contributed by atoms with E-state index in [0.717, 1.165) is 16.3 Å². The molecule has 0 fully saturated rings. The van der Waals surface area contributed by atoms with Gasteiger partial charge in [0.05, 0.1) is 10.6 Å². The summed E-state index contributed by atoms with van der Waals surface area (Å²) >= 11 is 9.44. The van der Waals surface area contributed by atoms with Crippen molar-refractivity contribution in [2.45, 2.75) is 44.2 Å². The van der Waals surface area contributed by atoms with Crippen LogP contribution in [0.4, 0.5) is 5.69 Å². The first kappa shape index (κ1) is 29.7. The Kier molecular flexibility index (Phi) is 10.8. The van der Waals surface area contributed by atoms with Gasteiger partial charge < -0.3 is 10.2 Å². The zero-order chi connectivity index (χ0) is 27.7. The van der Waals surface area contributed by atoms with E-state index in [1.807, 2.05) is 13.8 Å². The van der Waals surface area contributed by atoms with Crippen LogP contribution in [0.5, 0.6) is 0 Å². The number of nitrogens with zero attached hydrogens (tertiary/aromatic N) is 2. The maximum Gasteiger partial charge on any atom is 0.264 e. The lowest BCUT2D eigenvalue weighted by Gasteiger charge is -2.33. The molecule has 10 heteroatoms. The molecule has 7 nitrogen and oxygen atoms in total. The molecule has 1 atom stereocenters. The molecule has 202 valence electrons. The molecule has 0 saturated carbocycles. The topological polar surface area (TPSA) is 86.8 Å². The summed E-state index contributed by atoms with van der Waals surface area (Å²) in [6.07, 6.45) is 1.11. The van der Waals surface area contributed by atoms with Crippen molar-refractivity contribution in [1.29, 1.82) is 0 Å². The number of sulfonamides is 1. The largest absolute Gasteiger partial charge is 0.354 e. The number of carbonyl (C=O) groups is 2. The van der Waals surface area contributed by atoms with E-state index in [-0.39, 0.29) is 17.3 Å². The van der Waals surface area contributed by atoms with Crippen molar-refractivity contribution in [3.8, 4) is 0 Å². The van der Waals surface area contributed by atoms with Crippen molar-refractivity contribution >= 4 is 55.1 Å². The summed E-state index contributed by atoms with van der Waals surface area (Å²) in [6, 6.07) is 20.9. The summed E-state index contributed by atoms with van der Waals surface area (Å²) < 4.78 is 29.3. The highest BCUT2D eigenvalue weighted by Crippen LogP contribution is 2.27. The van der Waals surface area contributed by atoms with E-state index >= 15 is 0 Å². The predicted octanol–water partition coefficient (Wildman–Crippen LogP) is 5.63. The smallest absolute Gasteiger partial charge is 0.264 e. The van der Waals surface area contributed by atoms with Crippen LogP contribution in [-0.2, 0) is 26.2 Å². The molecule has 0 aliphatic rings. The number of benzene rings is 3. The van der Waals surface area contributed by atoms with E-state index in [9.17, 15) is 18.0 Å². The lowest BCUT2D eigenvalue weighted by atomic mass is 10.1. The van der Waals surface area contributed by atoms with Gasteiger partial charge in [0.15, 0.2) is 0 Å². The molecule has 3 rings (SSSR count). The van der Waals surface area contributed by atoms with Crippen molar-refractivity contribution in [2.24, 2.45) is 0 Å². The van der Waals surface area contributed by atoms with E-state index < -0.39 is 28.5 Å². The molecule has 0 radical (unpaired) electrons. The third kappa shape index (κ3) is 7.58. The number of hydrogen-bond donors (Lipinski definition) is 1. The third-order valence-electron chi connectivity index (χ3n) is 5.91. The van der Waals surface area contributed by atoms with Crippen LogP contribution in [0.2, 0.25) is 5.02 Å². The number of nitrogens with one attached hydrogen (secondary N) is 1. The molecule has 0 aromatic heterocycles. The van der Waals surface area contributed by atoms with Crippen LogP contribution in [0.15, 0.2) is 88.2 Å². The average Bonchev–Trinajstić information content (AvgIpc) is 2.91. The number of amides is 2. The van der Waals surface area contributed by atoms with Gasteiger partial charge in [-0.2, -0.15) is 0 Å². The fraction of sp³-hybridized carbons (Fsp3) is 0.286. The first-order valence-corrected chi connectivity index (χ1v) is 14.9. The summed E-state index contributed by atoms with van der Waals surface area (Å²) in [5.41, 5.74) is 1.09. The maximum absolute atomic E-state index is 13.9. The average molecular weight is 621 g/mol. The molecule has 3 aromatic rings. The molecule has 0 bridgehead atoms.